The second-order valence-electron chi connectivity index (χ2n) is 15.6. The summed E-state index contributed by atoms with van der Waals surface area (Å²) in [6, 6.07) is 44.0. The second kappa shape index (κ2) is 15.0. The molecule has 0 fully saturated rings. The summed E-state index contributed by atoms with van der Waals surface area (Å²) in [5, 5.41) is 0. The smallest absolute Gasteiger partial charge is 0.164 e. The summed E-state index contributed by atoms with van der Waals surface area (Å²) in [7, 11) is 0. The van der Waals surface area contributed by atoms with Crippen LogP contribution in [0.2, 0.25) is 0 Å². The lowest BCUT2D eigenvalue weighted by Gasteiger charge is -2.44. The van der Waals surface area contributed by atoms with Crippen LogP contribution < -0.4 is 0 Å². The zero-order valence-electron chi connectivity index (χ0n) is 32.9. The number of hydrogen-bond donors (Lipinski definition) is 0. The van der Waals surface area contributed by atoms with Gasteiger partial charge >= 0.3 is 0 Å². The molecule has 4 nitrogen and oxygen atoms in total. The molecule has 2 aliphatic heterocycles. The predicted octanol–water partition coefficient (Wildman–Crippen LogP) is 13.1. The van der Waals surface area contributed by atoms with Crippen molar-refractivity contribution in [3.63, 3.8) is 0 Å². The molecule has 0 bridgehead atoms. The van der Waals surface area contributed by atoms with Gasteiger partial charge in [-0.1, -0.05) is 188 Å². The number of aliphatic imine (C=N–C) groups is 1. The highest BCUT2D eigenvalue weighted by molar-refractivity contribution is 8.03. The SMILES string of the molecule is C=C/C=C\C=C\c1nc(-c2ccccc2)nc(-c2cccc(-c3cccc4c3SC3=C(C5=CC=CC6C=CC=NC56)CCC=C3C43c4ccccc4-c4ccccc43)c2)n1. The van der Waals surface area contributed by atoms with Gasteiger partial charge in [-0.2, -0.15) is 0 Å². The third-order valence-electron chi connectivity index (χ3n) is 12.3. The standard InChI is InChI=1S/C55H40N4S/c1-2-3-4-8-33-49-57-53(37-18-6-5-7-19-37)59-54(58-49)39-22-13-21-38(35-39)40-26-15-31-47-51(40)60-52-44(43-27-14-20-36-23-17-34-56-50(36)43)28-16-32-48(52)55(47)45-29-11-9-24-41(45)42-25-10-12-30-46(42)55/h2-15,17-27,29-36,50H,1,16,28H2/b4-3-,33-8+. The Bertz CT molecular complexity index is 2950. The lowest BCUT2D eigenvalue weighted by atomic mass is 9.64. The van der Waals surface area contributed by atoms with Crippen molar-refractivity contribution in [1.29, 1.82) is 0 Å². The number of dihydropyridines is 1. The van der Waals surface area contributed by atoms with E-state index in [-0.39, 0.29) is 12.0 Å². The normalized spacial score (nSPS) is 19.1. The highest BCUT2D eigenvalue weighted by Gasteiger charge is 2.53. The number of thioether (sulfide) groups is 1. The molecule has 3 aliphatic carbocycles. The number of allylic oxidation sites excluding steroid dienone is 9. The molecule has 0 saturated carbocycles. The summed E-state index contributed by atoms with van der Waals surface area (Å²) in [5.74, 6) is 2.11. The van der Waals surface area contributed by atoms with E-state index < -0.39 is 5.41 Å². The molecule has 0 radical (unpaired) electrons. The van der Waals surface area contributed by atoms with Gasteiger partial charge in [0, 0.05) is 33.1 Å². The van der Waals surface area contributed by atoms with E-state index >= 15 is 0 Å². The monoisotopic (exact) mass is 788 g/mol. The van der Waals surface area contributed by atoms with Crippen LogP contribution in [-0.2, 0) is 5.41 Å². The fourth-order valence-corrected chi connectivity index (χ4v) is 11.3. The Morgan fingerprint density at radius 1 is 0.650 bits per heavy atom. The molecule has 1 spiro atoms. The number of hydrogen-bond acceptors (Lipinski definition) is 5. The number of fused-ring (bicyclic) bond motifs is 10. The molecule has 5 aromatic carbocycles. The number of nitrogens with zero attached hydrogens (tertiary/aromatic N) is 4. The summed E-state index contributed by atoms with van der Waals surface area (Å²) in [6.07, 6.45) is 27.1. The Kier molecular flexibility index (Phi) is 9.05. The van der Waals surface area contributed by atoms with E-state index in [4.69, 9.17) is 19.9 Å². The molecule has 3 heterocycles. The Morgan fingerprint density at radius 3 is 2.15 bits per heavy atom. The summed E-state index contributed by atoms with van der Waals surface area (Å²) in [4.78, 5) is 22.6. The first-order valence-corrected chi connectivity index (χ1v) is 21.5. The van der Waals surface area contributed by atoms with Gasteiger partial charge in [0.25, 0.3) is 0 Å². The van der Waals surface area contributed by atoms with Crippen molar-refractivity contribution in [1.82, 2.24) is 15.0 Å². The highest BCUT2D eigenvalue weighted by atomic mass is 32.2. The minimum atomic E-state index is -0.483. The van der Waals surface area contributed by atoms with Crippen molar-refractivity contribution in [3.05, 3.63) is 233 Å². The first-order valence-electron chi connectivity index (χ1n) is 20.6. The molecule has 6 aromatic rings. The predicted molar refractivity (Wildman–Crippen MR) is 249 cm³/mol. The van der Waals surface area contributed by atoms with Crippen LogP contribution in [0.5, 0.6) is 0 Å². The van der Waals surface area contributed by atoms with Crippen molar-refractivity contribution >= 4 is 24.1 Å². The van der Waals surface area contributed by atoms with Gasteiger partial charge in [0.2, 0.25) is 0 Å². The number of aromatic nitrogens is 3. The van der Waals surface area contributed by atoms with Crippen molar-refractivity contribution in [2.24, 2.45) is 10.9 Å². The van der Waals surface area contributed by atoms with Gasteiger partial charge in [-0.05, 0) is 86.7 Å². The number of benzene rings is 5. The second-order valence-corrected chi connectivity index (χ2v) is 16.6. The highest BCUT2D eigenvalue weighted by Crippen LogP contribution is 2.66. The molecule has 5 aliphatic rings. The zero-order valence-corrected chi connectivity index (χ0v) is 33.8. The average molecular weight is 789 g/mol. The van der Waals surface area contributed by atoms with Crippen molar-refractivity contribution < 1.29 is 0 Å². The van der Waals surface area contributed by atoms with E-state index in [1.165, 1.54) is 59.9 Å². The van der Waals surface area contributed by atoms with Gasteiger partial charge in [-0.15, -0.1) is 0 Å². The van der Waals surface area contributed by atoms with Gasteiger partial charge in [0.15, 0.2) is 17.5 Å². The summed E-state index contributed by atoms with van der Waals surface area (Å²) < 4.78 is 0. The van der Waals surface area contributed by atoms with Gasteiger partial charge in [-0.3, -0.25) is 4.99 Å². The third kappa shape index (κ3) is 5.83. The van der Waals surface area contributed by atoms with Crippen molar-refractivity contribution in [2.75, 3.05) is 0 Å². The molecule has 11 rings (SSSR count). The van der Waals surface area contributed by atoms with E-state index in [0.29, 0.717) is 17.5 Å². The molecular weight excluding hydrogens is 749 g/mol. The van der Waals surface area contributed by atoms with Gasteiger partial charge in [-0.25, -0.2) is 15.0 Å². The molecule has 0 amide bonds. The quantitative estimate of drug-likeness (QED) is 0.151. The van der Waals surface area contributed by atoms with Crippen LogP contribution in [0.3, 0.4) is 0 Å². The molecule has 0 N–H and O–H groups in total. The van der Waals surface area contributed by atoms with E-state index in [9.17, 15) is 0 Å². The summed E-state index contributed by atoms with van der Waals surface area (Å²) >= 11 is 1.94. The van der Waals surface area contributed by atoms with Crippen LogP contribution in [0.15, 0.2) is 220 Å². The molecule has 286 valence electrons. The molecular formula is C55H40N4S. The van der Waals surface area contributed by atoms with E-state index in [1.807, 2.05) is 72.6 Å². The molecule has 2 atom stereocenters. The van der Waals surface area contributed by atoms with Crippen LogP contribution in [0.4, 0.5) is 0 Å². The van der Waals surface area contributed by atoms with E-state index in [0.717, 1.165) is 29.5 Å². The maximum absolute atomic E-state index is 5.09. The molecule has 60 heavy (non-hydrogen) atoms. The Morgan fingerprint density at radius 2 is 1.33 bits per heavy atom. The molecule has 2 unspecified atom stereocenters. The Balaban J connectivity index is 1.13. The van der Waals surface area contributed by atoms with Gasteiger partial charge < -0.3 is 0 Å². The van der Waals surface area contributed by atoms with E-state index in [1.54, 1.807) is 6.08 Å². The lowest BCUT2D eigenvalue weighted by molar-refractivity contribution is 0.642. The summed E-state index contributed by atoms with van der Waals surface area (Å²) in [6.45, 7) is 3.79. The molecule has 1 aromatic heterocycles. The minimum absolute atomic E-state index is 0.0776. The van der Waals surface area contributed by atoms with E-state index in [2.05, 4.69) is 134 Å². The van der Waals surface area contributed by atoms with Gasteiger partial charge in [0.1, 0.15) is 0 Å². The van der Waals surface area contributed by atoms with Crippen LogP contribution in [0, 0.1) is 5.92 Å². The fourth-order valence-electron chi connectivity index (χ4n) is 9.75. The van der Waals surface area contributed by atoms with Crippen LogP contribution in [0.25, 0.3) is 51.1 Å². The zero-order chi connectivity index (χ0) is 40.0. The average Bonchev–Trinajstić information content (AvgIpc) is 3.61. The van der Waals surface area contributed by atoms with Gasteiger partial charge in [0.05, 0.1) is 11.5 Å². The maximum Gasteiger partial charge on any atom is 0.164 e. The van der Waals surface area contributed by atoms with Crippen molar-refractivity contribution in [3.8, 4) is 45.0 Å². The number of rotatable bonds is 7. The third-order valence-corrected chi connectivity index (χ3v) is 13.6. The Hall–Kier alpha value is -6.95. The lowest BCUT2D eigenvalue weighted by Crippen LogP contribution is -2.35. The Labute approximate surface area is 355 Å². The van der Waals surface area contributed by atoms with Crippen molar-refractivity contribution in [2.45, 2.75) is 29.2 Å². The minimum Gasteiger partial charge on any atom is -0.284 e. The first-order chi connectivity index (χ1) is 29.7. The van der Waals surface area contributed by atoms with Crippen LogP contribution in [-0.4, -0.2) is 27.2 Å². The van der Waals surface area contributed by atoms with Crippen LogP contribution in [0.1, 0.15) is 35.4 Å². The maximum atomic E-state index is 5.09. The first kappa shape index (κ1) is 36.2. The van der Waals surface area contributed by atoms with Crippen LogP contribution >= 0.6 is 11.8 Å². The summed E-state index contributed by atoms with van der Waals surface area (Å²) in [5.41, 5.74) is 14.5. The molecule has 0 saturated heterocycles. The largest absolute Gasteiger partial charge is 0.284 e. The topological polar surface area (TPSA) is 51.0 Å². The fraction of sp³-hybridized carbons (Fsp3) is 0.0909. The molecule has 5 heteroatoms.